The van der Waals surface area contributed by atoms with Gasteiger partial charge < -0.3 is 10.6 Å². The number of carbonyl (C=O) groups is 1. The summed E-state index contributed by atoms with van der Waals surface area (Å²) in [6, 6.07) is 0.656. The molecule has 0 aliphatic carbocycles. The first kappa shape index (κ1) is 15.8. The van der Waals surface area contributed by atoms with Crippen molar-refractivity contribution in [3.8, 4) is 0 Å². The molecule has 0 aromatic heterocycles. The number of hydrogen-bond donors (Lipinski definition) is 2. The van der Waals surface area contributed by atoms with Crippen LogP contribution in [0.5, 0.6) is 0 Å². The smallest absolute Gasteiger partial charge is 0.234 e. The van der Waals surface area contributed by atoms with Crippen LogP contribution in [0.15, 0.2) is 0 Å². The molecule has 0 aliphatic rings. The molecule has 0 aromatic rings. The fourth-order valence-corrected chi connectivity index (χ4v) is 1.72. The highest BCUT2D eigenvalue weighted by atomic mass is 32.2. The molecule has 2 atom stereocenters. The molecule has 4 heteroatoms. The summed E-state index contributed by atoms with van der Waals surface area (Å²) in [5.41, 5.74) is 0. The van der Waals surface area contributed by atoms with E-state index in [2.05, 4.69) is 37.7 Å². The predicted octanol–water partition coefficient (Wildman–Crippen LogP) is 1.88. The van der Waals surface area contributed by atoms with Crippen molar-refractivity contribution in [2.45, 2.75) is 46.2 Å². The molecule has 0 heterocycles. The number of amides is 1. The number of hydrogen-bond acceptors (Lipinski definition) is 3. The number of rotatable bonds is 8. The third kappa shape index (κ3) is 7.99. The summed E-state index contributed by atoms with van der Waals surface area (Å²) in [7, 11) is 0. The molecular weight excluding hydrogens is 220 g/mol. The van der Waals surface area contributed by atoms with E-state index >= 15 is 0 Å². The minimum absolute atomic E-state index is 0.0946. The molecule has 0 aromatic carbocycles. The Morgan fingerprint density at radius 1 is 1.25 bits per heavy atom. The van der Waals surface area contributed by atoms with Gasteiger partial charge in [0.2, 0.25) is 5.91 Å². The monoisotopic (exact) mass is 246 g/mol. The summed E-state index contributed by atoms with van der Waals surface area (Å²) in [4.78, 5) is 11.6. The van der Waals surface area contributed by atoms with E-state index in [1.165, 1.54) is 0 Å². The lowest BCUT2D eigenvalue weighted by atomic mass is 10.1. The van der Waals surface area contributed by atoms with Crippen LogP contribution in [0.1, 0.15) is 34.1 Å². The van der Waals surface area contributed by atoms with E-state index < -0.39 is 0 Å². The highest BCUT2D eigenvalue weighted by Gasteiger charge is 2.11. The number of nitrogens with one attached hydrogen (secondary N) is 2. The molecule has 0 spiro atoms. The van der Waals surface area contributed by atoms with E-state index in [0.717, 1.165) is 12.2 Å². The highest BCUT2D eigenvalue weighted by molar-refractivity contribution is 7.98. The first-order valence-electron chi connectivity index (χ1n) is 5.99. The Hall–Kier alpha value is -0.220. The third-order valence-electron chi connectivity index (χ3n) is 2.75. The minimum Gasteiger partial charge on any atom is -0.352 e. The summed E-state index contributed by atoms with van der Waals surface area (Å²) in [6.07, 6.45) is 3.21. The molecule has 0 bridgehead atoms. The molecule has 2 N–H and O–H groups in total. The Morgan fingerprint density at radius 2 is 1.88 bits per heavy atom. The SMILES string of the molecule is CSCCC(C)NCC(=O)NC(C)C(C)C. The van der Waals surface area contributed by atoms with Crippen molar-refractivity contribution in [2.75, 3.05) is 18.6 Å². The summed E-state index contributed by atoms with van der Waals surface area (Å²) in [5, 5.41) is 6.22. The van der Waals surface area contributed by atoms with Crippen molar-refractivity contribution in [2.24, 2.45) is 5.92 Å². The van der Waals surface area contributed by atoms with Gasteiger partial charge in [-0.1, -0.05) is 13.8 Å². The molecular formula is C12H26N2OS. The molecule has 0 fully saturated rings. The van der Waals surface area contributed by atoms with Gasteiger partial charge >= 0.3 is 0 Å². The van der Waals surface area contributed by atoms with Crippen LogP contribution in [0.2, 0.25) is 0 Å². The van der Waals surface area contributed by atoms with E-state index in [9.17, 15) is 4.79 Å². The molecule has 16 heavy (non-hydrogen) atoms. The molecule has 96 valence electrons. The van der Waals surface area contributed by atoms with Crippen LogP contribution in [-0.4, -0.2) is 36.5 Å². The second kappa shape index (κ2) is 8.88. The van der Waals surface area contributed by atoms with E-state index in [4.69, 9.17) is 0 Å². The van der Waals surface area contributed by atoms with Crippen LogP contribution in [0.4, 0.5) is 0 Å². The van der Waals surface area contributed by atoms with Crippen molar-refractivity contribution >= 4 is 17.7 Å². The van der Waals surface area contributed by atoms with Gasteiger partial charge in [-0.25, -0.2) is 0 Å². The van der Waals surface area contributed by atoms with Gasteiger partial charge in [-0.15, -0.1) is 0 Å². The topological polar surface area (TPSA) is 41.1 Å². The van der Waals surface area contributed by atoms with E-state index in [1.807, 2.05) is 18.7 Å². The normalized spacial score (nSPS) is 14.9. The van der Waals surface area contributed by atoms with Crippen LogP contribution in [0.3, 0.4) is 0 Å². The fraction of sp³-hybridized carbons (Fsp3) is 0.917. The molecule has 2 unspecified atom stereocenters. The van der Waals surface area contributed by atoms with E-state index in [1.54, 1.807) is 0 Å². The van der Waals surface area contributed by atoms with Crippen LogP contribution in [-0.2, 0) is 4.79 Å². The second-order valence-electron chi connectivity index (χ2n) is 4.66. The minimum atomic E-state index is 0.0946. The van der Waals surface area contributed by atoms with Gasteiger partial charge in [-0.3, -0.25) is 4.79 Å². The summed E-state index contributed by atoms with van der Waals surface area (Å²) >= 11 is 1.84. The van der Waals surface area contributed by atoms with Crippen molar-refractivity contribution in [1.82, 2.24) is 10.6 Å². The fourth-order valence-electron chi connectivity index (χ4n) is 1.14. The Balaban J connectivity index is 3.64. The van der Waals surface area contributed by atoms with Crippen molar-refractivity contribution in [3.63, 3.8) is 0 Å². The molecule has 0 saturated heterocycles. The van der Waals surface area contributed by atoms with E-state index in [0.29, 0.717) is 18.5 Å². The van der Waals surface area contributed by atoms with Crippen LogP contribution >= 0.6 is 11.8 Å². The van der Waals surface area contributed by atoms with Crippen molar-refractivity contribution in [1.29, 1.82) is 0 Å². The lowest BCUT2D eigenvalue weighted by molar-refractivity contribution is -0.121. The number of carbonyl (C=O) groups excluding carboxylic acids is 1. The van der Waals surface area contributed by atoms with Gasteiger partial charge in [0.15, 0.2) is 0 Å². The Morgan fingerprint density at radius 3 is 2.38 bits per heavy atom. The van der Waals surface area contributed by atoms with Crippen molar-refractivity contribution in [3.05, 3.63) is 0 Å². The Kier molecular flexibility index (Phi) is 8.76. The molecule has 1 amide bonds. The maximum atomic E-state index is 11.6. The van der Waals surface area contributed by atoms with Gasteiger partial charge in [-0.2, -0.15) is 11.8 Å². The van der Waals surface area contributed by atoms with Gasteiger partial charge in [0.25, 0.3) is 0 Å². The van der Waals surface area contributed by atoms with Crippen LogP contribution in [0, 0.1) is 5.92 Å². The van der Waals surface area contributed by atoms with E-state index in [-0.39, 0.29) is 11.9 Å². The summed E-state index contributed by atoms with van der Waals surface area (Å²) < 4.78 is 0. The quantitative estimate of drug-likeness (QED) is 0.687. The van der Waals surface area contributed by atoms with Crippen molar-refractivity contribution < 1.29 is 4.79 Å². The molecule has 0 rings (SSSR count). The van der Waals surface area contributed by atoms with Gasteiger partial charge in [0, 0.05) is 12.1 Å². The maximum Gasteiger partial charge on any atom is 0.234 e. The Bertz CT molecular complexity index is 197. The third-order valence-corrected chi connectivity index (χ3v) is 3.40. The zero-order chi connectivity index (χ0) is 12.6. The zero-order valence-electron chi connectivity index (χ0n) is 11.2. The lowest BCUT2D eigenvalue weighted by Crippen LogP contribution is -2.43. The number of thioether (sulfide) groups is 1. The van der Waals surface area contributed by atoms with Crippen LogP contribution in [0.25, 0.3) is 0 Å². The zero-order valence-corrected chi connectivity index (χ0v) is 12.0. The average molecular weight is 246 g/mol. The predicted molar refractivity (Wildman–Crippen MR) is 72.9 cm³/mol. The lowest BCUT2D eigenvalue weighted by Gasteiger charge is -2.19. The highest BCUT2D eigenvalue weighted by Crippen LogP contribution is 2.00. The molecule has 0 saturated carbocycles. The molecule has 0 radical (unpaired) electrons. The standard InChI is InChI=1S/C12H26N2OS/c1-9(2)11(4)14-12(15)8-13-10(3)6-7-16-5/h9-11,13H,6-8H2,1-5H3,(H,14,15). The Labute approximate surface area is 104 Å². The maximum absolute atomic E-state index is 11.6. The molecule has 0 aliphatic heterocycles. The van der Waals surface area contributed by atoms with Gasteiger partial charge in [0.05, 0.1) is 6.54 Å². The summed E-state index contributed by atoms with van der Waals surface area (Å²) in [5.74, 6) is 1.72. The molecule has 3 nitrogen and oxygen atoms in total. The van der Waals surface area contributed by atoms with Gasteiger partial charge in [0.1, 0.15) is 0 Å². The summed E-state index contributed by atoms with van der Waals surface area (Å²) in [6.45, 7) is 8.81. The average Bonchev–Trinajstić information content (AvgIpc) is 2.23. The van der Waals surface area contributed by atoms with Gasteiger partial charge in [-0.05, 0) is 38.2 Å². The first-order valence-corrected chi connectivity index (χ1v) is 7.38. The largest absolute Gasteiger partial charge is 0.352 e. The second-order valence-corrected chi connectivity index (χ2v) is 5.65. The van der Waals surface area contributed by atoms with Crippen LogP contribution < -0.4 is 10.6 Å². The first-order chi connectivity index (χ1) is 7.47.